The molecule has 0 bridgehead atoms. The van der Waals surface area contributed by atoms with Crippen LogP contribution in [0.5, 0.6) is 5.75 Å². The van der Waals surface area contributed by atoms with Crippen molar-refractivity contribution in [2.45, 2.75) is 6.54 Å². The average molecular weight is 327 g/mol. The van der Waals surface area contributed by atoms with Crippen molar-refractivity contribution >= 4 is 5.91 Å². The highest BCUT2D eigenvalue weighted by molar-refractivity contribution is 5.97. The van der Waals surface area contributed by atoms with Crippen LogP contribution in [0.4, 0.5) is 0 Å². The number of rotatable bonds is 4. The van der Waals surface area contributed by atoms with Crippen molar-refractivity contribution < 1.29 is 9.53 Å². The summed E-state index contributed by atoms with van der Waals surface area (Å²) in [5.41, 5.74) is 1.58. The first-order chi connectivity index (χ1) is 11.7. The van der Waals surface area contributed by atoms with Gasteiger partial charge in [-0.05, 0) is 17.7 Å². The minimum Gasteiger partial charge on any atom is -0.496 e. The Morgan fingerprint density at radius 2 is 1.88 bits per heavy atom. The van der Waals surface area contributed by atoms with Crippen LogP contribution in [0.3, 0.4) is 0 Å². The lowest BCUT2D eigenvalue weighted by Gasteiger charge is -2.35. The van der Waals surface area contributed by atoms with Crippen molar-refractivity contribution in [3.8, 4) is 5.75 Å². The minimum atomic E-state index is -0.0917. The summed E-state index contributed by atoms with van der Waals surface area (Å²) >= 11 is 0. The number of aromatic nitrogens is 1. The van der Waals surface area contributed by atoms with E-state index in [0.717, 1.165) is 25.2 Å². The fraction of sp³-hybridized carbons (Fsp3) is 0.333. The molecule has 3 rings (SSSR count). The number of aromatic amines is 1. The fourth-order valence-corrected chi connectivity index (χ4v) is 2.90. The molecule has 1 amide bonds. The second kappa shape index (κ2) is 7.31. The summed E-state index contributed by atoms with van der Waals surface area (Å²) in [5, 5.41) is 0. The molecule has 0 saturated carbocycles. The van der Waals surface area contributed by atoms with E-state index in [-0.39, 0.29) is 11.5 Å². The summed E-state index contributed by atoms with van der Waals surface area (Å²) in [7, 11) is 1.58. The monoisotopic (exact) mass is 327 g/mol. The van der Waals surface area contributed by atoms with E-state index < -0.39 is 0 Å². The van der Waals surface area contributed by atoms with Gasteiger partial charge in [0, 0.05) is 45.0 Å². The molecule has 0 atom stereocenters. The van der Waals surface area contributed by atoms with Crippen LogP contribution in [0.15, 0.2) is 47.4 Å². The molecule has 0 radical (unpaired) electrons. The number of methoxy groups -OCH3 is 1. The normalized spacial score (nSPS) is 15.3. The molecule has 1 aliphatic rings. The lowest BCUT2D eigenvalue weighted by atomic mass is 10.1. The fourth-order valence-electron chi connectivity index (χ4n) is 2.90. The maximum Gasteiger partial charge on any atom is 0.257 e. The largest absolute Gasteiger partial charge is 0.496 e. The Bertz CT molecular complexity index is 744. The molecule has 1 N–H and O–H groups in total. The maximum atomic E-state index is 12.7. The number of pyridine rings is 1. The molecular formula is C18H21N3O3. The third kappa shape index (κ3) is 3.65. The first-order valence-corrected chi connectivity index (χ1v) is 7.99. The van der Waals surface area contributed by atoms with Crippen LogP contribution in [0, 0.1) is 0 Å². The van der Waals surface area contributed by atoms with Crippen molar-refractivity contribution in [2.75, 3.05) is 33.3 Å². The van der Waals surface area contributed by atoms with Crippen LogP contribution < -0.4 is 10.3 Å². The van der Waals surface area contributed by atoms with E-state index in [1.54, 1.807) is 25.4 Å². The van der Waals surface area contributed by atoms with Crippen LogP contribution >= 0.6 is 0 Å². The predicted octanol–water partition coefficient (Wildman–Crippen LogP) is 1.34. The van der Waals surface area contributed by atoms with Gasteiger partial charge in [0.25, 0.3) is 5.91 Å². The first-order valence-electron chi connectivity index (χ1n) is 7.99. The highest BCUT2D eigenvalue weighted by atomic mass is 16.5. The Labute approximate surface area is 140 Å². The molecule has 2 aromatic rings. The van der Waals surface area contributed by atoms with Gasteiger partial charge >= 0.3 is 0 Å². The highest BCUT2D eigenvalue weighted by Crippen LogP contribution is 2.20. The Balaban J connectivity index is 1.59. The summed E-state index contributed by atoms with van der Waals surface area (Å²) in [5.74, 6) is 0.620. The highest BCUT2D eigenvalue weighted by Gasteiger charge is 2.24. The molecule has 1 aromatic heterocycles. The van der Waals surface area contributed by atoms with E-state index in [9.17, 15) is 9.59 Å². The lowest BCUT2D eigenvalue weighted by Crippen LogP contribution is -2.48. The van der Waals surface area contributed by atoms with Gasteiger partial charge in [-0.3, -0.25) is 14.5 Å². The Hall–Kier alpha value is -2.60. The third-order valence-corrected chi connectivity index (χ3v) is 4.25. The molecule has 2 heterocycles. The topological polar surface area (TPSA) is 65.6 Å². The van der Waals surface area contributed by atoms with Crippen LogP contribution in [-0.4, -0.2) is 54.0 Å². The van der Waals surface area contributed by atoms with Gasteiger partial charge in [0.1, 0.15) is 5.75 Å². The quantitative estimate of drug-likeness (QED) is 0.920. The first kappa shape index (κ1) is 16.3. The number of benzene rings is 1. The number of ether oxygens (including phenoxy) is 1. The number of para-hydroxylation sites is 1. The molecule has 1 aliphatic heterocycles. The van der Waals surface area contributed by atoms with Gasteiger partial charge in [0.15, 0.2) is 0 Å². The van der Waals surface area contributed by atoms with Gasteiger partial charge in [-0.25, -0.2) is 0 Å². The van der Waals surface area contributed by atoms with E-state index in [0.29, 0.717) is 24.4 Å². The van der Waals surface area contributed by atoms with Crippen molar-refractivity contribution in [1.82, 2.24) is 14.8 Å². The zero-order chi connectivity index (χ0) is 16.9. The zero-order valence-electron chi connectivity index (χ0n) is 13.7. The van der Waals surface area contributed by atoms with Crippen LogP contribution in [0.2, 0.25) is 0 Å². The molecule has 126 valence electrons. The lowest BCUT2D eigenvalue weighted by molar-refractivity contribution is 0.0625. The smallest absolute Gasteiger partial charge is 0.257 e. The summed E-state index contributed by atoms with van der Waals surface area (Å²) in [4.78, 5) is 30.6. The van der Waals surface area contributed by atoms with E-state index in [1.807, 2.05) is 23.1 Å². The van der Waals surface area contributed by atoms with E-state index in [4.69, 9.17) is 4.74 Å². The molecule has 0 aliphatic carbocycles. The Morgan fingerprint density at radius 1 is 1.12 bits per heavy atom. The van der Waals surface area contributed by atoms with E-state index >= 15 is 0 Å². The summed E-state index contributed by atoms with van der Waals surface area (Å²) in [6.45, 7) is 3.74. The number of piperazine rings is 1. The number of H-pyrrole nitrogens is 1. The van der Waals surface area contributed by atoms with Crippen LogP contribution in [0.1, 0.15) is 15.9 Å². The van der Waals surface area contributed by atoms with Crippen LogP contribution in [-0.2, 0) is 6.54 Å². The molecular weight excluding hydrogens is 306 g/mol. The number of nitrogens with zero attached hydrogens (tertiary/aromatic N) is 2. The van der Waals surface area contributed by atoms with Crippen molar-refractivity contribution in [1.29, 1.82) is 0 Å². The molecule has 6 heteroatoms. The van der Waals surface area contributed by atoms with Crippen molar-refractivity contribution in [3.63, 3.8) is 0 Å². The average Bonchev–Trinajstić information content (AvgIpc) is 2.63. The second-order valence-electron chi connectivity index (χ2n) is 5.83. The zero-order valence-corrected chi connectivity index (χ0v) is 13.7. The van der Waals surface area contributed by atoms with Crippen LogP contribution in [0.25, 0.3) is 0 Å². The summed E-state index contributed by atoms with van der Waals surface area (Å²) in [6, 6.07) is 10.7. The molecule has 1 fully saturated rings. The van der Waals surface area contributed by atoms with Gasteiger partial charge in [0.2, 0.25) is 5.56 Å². The van der Waals surface area contributed by atoms with Crippen molar-refractivity contribution in [2.24, 2.45) is 0 Å². The minimum absolute atomic E-state index is 0.0103. The van der Waals surface area contributed by atoms with Gasteiger partial charge < -0.3 is 14.6 Å². The van der Waals surface area contributed by atoms with E-state index in [2.05, 4.69) is 9.88 Å². The second-order valence-corrected chi connectivity index (χ2v) is 5.83. The Morgan fingerprint density at radius 3 is 2.54 bits per heavy atom. The molecule has 1 aromatic carbocycles. The number of nitrogens with one attached hydrogen (secondary N) is 1. The molecule has 0 unspecified atom stereocenters. The van der Waals surface area contributed by atoms with Gasteiger partial charge in [-0.15, -0.1) is 0 Å². The summed E-state index contributed by atoms with van der Waals surface area (Å²) < 4.78 is 5.28. The molecule has 0 spiro atoms. The molecule has 24 heavy (non-hydrogen) atoms. The number of hydrogen-bond donors (Lipinski definition) is 1. The van der Waals surface area contributed by atoms with E-state index in [1.165, 1.54) is 6.07 Å². The number of carbonyl (C=O) groups excluding carboxylic acids is 1. The number of hydrogen-bond acceptors (Lipinski definition) is 4. The third-order valence-electron chi connectivity index (χ3n) is 4.25. The number of amides is 1. The number of carbonyl (C=O) groups is 1. The van der Waals surface area contributed by atoms with Gasteiger partial charge in [0.05, 0.1) is 12.7 Å². The Kier molecular flexibility index (Phi) is 4.96. The molecule has 1 saturated heterocycles. The SMILES string of the molecule is COc1ccccc1C(=O)N1CCN(Cc2ccc(=O)[nH]c2)CC1. The van der Waals surface area contributed by atoms with Crippen molar-refractivity contribution in [3.05, 3.63) is 64.1 Å². The summed E-state index contributed by atoms with van der Waals surface area (Å²) in [6.07, 6.45) is 1.74. The molecule has 6 nitrogen and oxygen atoms in total. The van der Waals surface area contributed by atoms with Gasteiger partial charge in [-0.2, -0.15) is 0 Å². The standard InChI is InChI=1S/C18H21N3O3/c1-24-16-5-3-2-4-15(16)18(23)21-10-8-20(9-11-21)13-14-6-7-17(22)19-12-14/h2-7,12H,8-11,13H2,1H3,(H,19,22). The van der Waals surface area contributed by atoms with Gasteiger partial charge in [-0.1, -0.05) is 18.2 Å². The predicted molar refractivity (Wildman–Crippen MR) is 91.2 cm³/mol. The maximum absolute atomic E-state index is 12.7.